The molecule has 2 N–H and O–H groups in total. The topological polar surface area (TPSA) is 53.9 Å². The molecule has 0 aliphatic rings. The van der Waals surface area contributed by atoms with Crippen LogP contribution in [0.1, 0.15) is 6.92 Å². The fourth-order valence-corrected chi connectivity index (χ4v) is 1.87. The highest BCUT2D eigenvalue weighted by atomic mass is 35.5. The lowest BCUT2D eigenvalue weighted by atomic mass is 10.2. The Hall–Kier alpha value is -1.59. The van der Waals surface area contributed by atoms with Crippen molar-refractivity contribution in [3.8, 4) is 0 Å². The third-order valence-corrected chi connectivity index (χ3v) is 3.37. The van der Waals surface area contributed by atoms with E-state index in [1.54, 1.807) is 38.4 Å². The lowest BCUT2D eigenvalue weighted by molar-refractivity contribution is -0.886. The number of quaternary nitrogens is 1. The minimum absolute atomic E-state index is 0.00166. The van der Waals surface area contributed by atoms with E-state index in [1.165, 1.54) is 4.90 Å². The molecular formula is C14H21ClN3O2+. The van der Waals surface area contributed by atoms with Crippen molar-refractivity contribution < 1.29 is 14.5 Å². The Balaban J connectivity index is 2.53. The molecule has 0 saturated carbocycles. The Labute approximate surface area is 124 Å². The van der Waals surface area contributed by atoms with E-state index >= 15 is 0 Å². The molecule has 1 rings (SSSR count). The van der Waals surface area contributed by atoms with Gasteiger partial charge in [0, 0.05) is 24.8 Å². The Morgan fingerprint density at radius 1 is 1.30 bits per heavy atom. The Kier molecular flexibility index (Phi) is 5.98. The van der Waals surface area contributed by atoms with E-state index in [2.05, 4.69) is 5.32 Å². The van der Waals surface area contributed by atoms with Crippen LogP contribution in [0, 0.1) is 0 Å². The number of rotatable bonds is 5. The fraction of sp³-hybridized carbons (Fsp3) is 0.429. The third kappa shape index (κ3) is 4.83. The molecule has 1 aromatic carbocycles. The monoisotopic (exact) mass is 298 g/mol. The predicted molar refractivity (Wildman–Crippen MR) is 80.0 cm³/mol. The number of nitrogens with zero attached hydrogens (tertiary/aromatic N) is 1. The summed E-state index contributed by atoms with van der Waals surface area (Å²) in [5, 5.41) is 3.40. The summed E-state index contributed by atoms with van der Waals surface area (Å²) < 4.78 is 0. The zero-order chi connectivity index (χ0) is 15.3. The van der Waals surface area contributed by atoms with E-state index in [0.29, 0.717) is 10.7 Å². The standard InChI is InChI=1S/C14H20ClN3O2/c1-10(14(20)17(2)3)18(4)9-13(19)16-12-7-5-11(15)6-8-12/h5-8,10H,9H2,1-4H3,(H,16,19)/p+1/t10-/m1/s1. The second-order valence-corrected chi connectivity index (χ2v) is 5.47. The normalized spacial score (nSPS) is 13.4. The van der Waals surface area contributed by atoms with Crippen molar-refractivity contribution in [1.82, 2.24) is 4.90 Å². The second kappa shape index (κ2) is 7.26. The van der Waals surface area contributed by atoms with Crippen molar-refractivity contribution in [3.63, 3.8) is 0 Å². The highest BCUT2D eigenvalue weighted by Gasteiger charge is 2.25. The molecule has 0 bridgehead atoms. The largest absolute Gasteiger partial charge is 0.344 e. The van der Waals surface area contributed by atoms with Gasteiger partial charge in [0.1, 0.15) is 0 Å². The molecule has 0 spiro atoms. The van der Waals surface area contributed by atoms with Gasteiger partial charge in [-0.3, -0.25) is 9.59 Å². The van der Waals surface area contributed by atoms with E-state index in [4.69, 9.17) is 11.6 Å². The molecule has 0 radical (unpaired) electrons. The molecule has 5 nitrogen and oxygen atoms in total. The van der Waals surface area contributed by atoms with Crippen molar-refractivity contribution in [2.45, 2.75) is 13.0 Å². The number of nitrogens with one attached hydrogen (secondary N) is 2. The smallest absolute Gasteiger partial charge is 0.280 e. The first kappa shape index (κ1) is 16.5. The van der Waals surface area contributed by atoms with Gasteiger partial charge in [-0.1, -0.05) is 11.6 Å². The average molecular weight is 299 g/mol. The lowest BCUT2D eigenvalue weighted by Crippen LogP contribution is -3.15. The van der Waals surface area contributed by atoms with Crippen LogP contribution in [0.4, 0.5) is 5.69 Å². The third-order valence-electron chi connectivity index (χ3n) is 3.12. The zero-order valence-corrected chi connectivity index (χ0v) is 13.0. The number of hydrogen-bond acceptors (Lipinski definition) is 2. The summed E-state index contributed by atoms with van der Waals surface area (Å²) in [6.07, 6.45) is 0. The summed E-state index contributed by atoms with van der Waals surface area (Å²) in [5.41, 5.74) is 0.693. The van der Waals surface area contributed by atoms with Crippen LogP contribution in [-0.4, -0.2) is 50.4 Å². The van der Waals surface area contributed by atoms with E-state index < -0.39 is 0 Å². The molecule has 2 amide bonds. The molecule has 110 valence electrons. The molecule has 0 saturated heterocycles. The van der Waals surface area contributed by atoms with E-state index in [1.807, 2.05) is 14.0 Å². The van der Waals surface area contributed by atoms with Crippen molar-refractivity contribution in [2.24, 2.45) is 0 Å². The molecule has 0 heterocycles. The maximum absolute atomic E-state index is 11.9. The maximum atomic E-state index is 11.9. The predicted octanol–water partition coefficient (Wildman–Crippen LogP) is 0.270. The summed E-state index contributed by atoms with van der Waals surface area (Å²) in [6, 6.07) is 6.65. The maximum Gasteiger partial charge on any atom is 0.280 e. The first-order valence-corrected chi connectivity index (χ1v) is 6.78. The van der Waals surface area contributed by atoms with Gasteiger partial charge in [-0.25, -0.2) is 0 Å². The number of anilines is 1. The van der Waals surface area contributed by atoms with Crippen LogP contribution in [0.15, 0.2) is 24.3 Å². The number of hydrogen-bond donors (Lipinski definition) is 2. The van der Waals surface area contributed by atoms with E-state index in [0.717, 1.165) is 4.90 Å². The molecule has 1 unspecified atom stereocenters. The fourth-order valence-electron chi connectivity index (χ4n) is 1.74. The Morgan fingerprint density at radius 3 is 2.35 bits per heavy atom. The SMILES string of the molecule is C[C@H](C(=O)N(C)C)[NH+](C)CC(=O)Nc1ccc(Cl)cc1. The highest BCUT2D eigenvalue weighted by Crippen LogP contribution is 2.12. The Bertz CT molecular complexity index is 474. The molecule has 0 aliphatic carbocycles. The first-order valence-electron chi connectivity index (χ1n) is 6.40. The van der Waals surface area contributed by atoms with Crippen molar-refractivity contribution in [2.75, 3.05) is 33.0 Å². The molecule has 20 heavy (non-hydrogen) atoms. The minimum atomic E-state index is -0.263. The molecule has 6 heteroatoms. The lowest BCUT2D eigenvalue weighted by Gasteiger charge is -2.23. The van der Waals surface area contributed by atoms with Crippen LogP contribution in [0.2, 0.25) is 5.02 Å². The molecule has 1 aromatic rings. The van der Waals surface area contributed by atoms with Crippen LogP contribution in [0.25, 0.3) is 0 Å². The highest BCUT2D eigenvalue weighted by molar-refractivity contribution is 6.30. The van der Waals surface area contributed by atoms with Gasteiger partial charge in [-0.05, 0) is 31.2 Å². The summed E-state index contributed by atoms with van der Waals surface area (Å²) >= 11 is 5.78. The van der Waals surface area contributed by atoms with Gasteiger partial charge in [0.05, 0.1) is 7.05 Å². The average Bonchev–Trinajstić information content (AvgIpc) is 2.39. The summed E-state index contributed by atoms with van der Waals surface area (Å²) in [6.45, 7) is 2.04. The van der Waals surface area contributed by atoms with Crippen molar-refractivity contribution >= 4 is 29.1 Å². The van der Waals surface area contributed by atoms with Crippen molar-refractivity contribution in [1.29, 1.82) is 0 Å². The molecule has 0 aromatic heterocycles. The Morgan fingerprint density at radius 2 is 1.85 bits per heavy atom. The zero-order valence-electron chi connectivity index (χ0n) is 12.2. The summed E-state index contributed by atoms with van der Waals surface area (Å²) in [5.74, 6) is -0.134. The molecule has 0 aliphatic heterocycles. The minimum Gasteiger partial charge on any atom is -0.344 e. The number of carbonyl (C=O) groups is 2. The van der Waals surface area contributed by atoms with Gasteiger partial charge in [0.25, 0.3) is 11.8 Å². The molecule has 0 fully saturated rings. The number of likely N-dealkylation sites (N-methyl/N-ethyl adjacent to an activating group) is 2. The van der Waals surface area contributed by atoms with Gasteiger partial charge < -0.3 is 15.1 Å². The first-order chi connectivity index (χ1) is 9.31. The number of benzene rings is 1. The van der Waals surface area contributed by atoms with E-state index in [9.17, 15) is 9.59 Å². The van der Waals surface area contributed by atoms with Crippen molar-refractivity contribution in [3.05, 3.63) is 29.3 Å². The van der Waals surface area contributed by atoms with Gasteiger partial charge in [0.15, 0.2) is 12.6 Å². The van der Waals surface area contributed by atoms with Gasteiger partial charge in [0.2, 0.25) is 0 Å². The van der Waals surface area contributed by atoms with Crippen LogP contribution in [0.5, 0.6) is 0 Å². The number of halogens is 1. The second-order valence-electron chi connectivity index (χ2n) is 5.03. The molecular weight excluding hydrogens is 278 g/mol. The van der Waals surface area contributed by atoms with Crippen LogP contribution >= 0.6 is 11.6 Å². The van der Waals surface area contributed by atoms with Crippen LogP contribution in [-0.2, 0) is 9.59 Å². The van der Waals surface area contributed by atoms with Gasteiger partial charge in [-0.2, -0.15) is 0 Å². The van der Waals surface area contributed by atoms with Crippen LogP contribution in [0.3, 0.4) is 0 Å². The molecule has 2 atom stereocenters. The van der Waals surface area contributed by atoms with E-state index in [-0.39, 0.29) is 24.4 Å². The van der Waals surface area contributed by atoms with Gasteiger partial charge >= 0.3 is 0 Å². The summed E-state index contributed by atoms with van der Waals surface area (Å²) in [7, 11) is 5.24. The summed E-state index contributed by atoms with van der Waals surface area (Å²) in [4.78, 5) is 26.1. The van der Waals surface area contributed by atoms with Gasteiger partial charge in [-0.15, -0.1) is 0 Å². The van der Waals surface area contributed by atoms with Crippen LogP contribution < -0.4 is 10.2 Å². The number of amides is 2. The number of carbonyl (C=O) groups excluding carboxylic acids is 2. The quantitative estimate of drug-likeness (QED) is 0.820.